The molecule has 1 aliphatic heterocycles. The van der Waals surface area contributed by atoms with Crippen molar-refractivity contribution in [2.45, 2.75) is 38.0 Å². The van der Waals surface area contributed by atoms with Crippen molar-refractivity contribution >= 4 is 23.2 Å². The molecule has 0 radical (unpaired) electrons. The van der Waals surface area contributed by atoms with Crippen molar-refractivity contribution in [1.29, 1.82) is 0 Å². The Kier molecular flexibility index (Phi) is 4.66. The summed E-state index contributed by atoms with van der Waals surface area (Å²) in [4.78, 5) is 12.6. The van der Waals surface area contributed by atoms with E-state index >= 15 is 0 Å². The topological polar surface area (TPSA) is 38.3 Å². The molecule has 1 saturated carbocycles. The van der Waals surface area contributed by atoms with Crippen molar-refractivity contribution in [3.63, 3.8) is 0 Å². The zero-order chi connectivity index (χ0) is 18.1. The summed E-state index contributed by atoms with van der Waals surface area (Å²) >= 11 is 5.90. The average molecular weight is 370 g/mol. The van der Waals surface area contributed by atoms with Crippen molar-refractivity contribution in [3.05, 3.63) is 59.1 Å². The van der Waals surface area contributed by atoms with Crippen LogP contribution in [0.4, 0.5) is 5.69 Å². The number of benzene rings is 2. The zero-order valence-corrected chi connectivity index (χ0v) is 15.8. The number of nitrogens with one attached hydrogen (secondary N) is 1. The molecule has 2 aromatic carbocycles. The first kappa shape index (κ1) is 17.4. The van der Waals surface area contributed by atoms with E-state index < -0.39 is 0 Å². The molecular weight excluding hydrogens is 346 g/mol. The van der Waals surface area contributed by atoms with Crippen LogP contribution in [0.3, 0.4) is 0 Å². The van der Waals surface area contributed by atoms with Gasteiger partial charge in [0, 0.05) is 27.6 Å². The molecule has 2 aliphatic rings. The molecule has 136 valence electrons. The molecule has 1 spiro atoms. The predicted octanol–water partition coefficient (Wildman–Crippen LogP) is 5.44. The molecule has 1 aliphatic carbocycles. The van der Waals surface area contributed by atoms with Gasteiger partial charge in [-0.25, -0.2) is 0 Å². The first-order chi connectivity index (χ1) is 12.6. The van der Waals surface area contributed by atoms with Gasteiger partial charge in [-0.2, -0.15) is 0 Å². The molecule has 1 amide bonds. The van der Waals surface area contributed by atoms with Crippen molar-refractivity contribution in [1.82, 2.24) is 0 Å². The largest absolute Gasteiger partial charge is 0.492 e. The van der Waals surface area contributed by atoms with Crippen molar-refractivity contribution < 1.29 is 9.53 Å². The van der Waals surface area contributed by atoms with Gasteiger partial charge in [0.05, 0.1) is 6.61 Å². The monoisotopic (exact) mass is 369 g/mol. The van der Waals surface area contributed by atoms with E-state index in [1.54, 1.807) is 12.1 Å². The molecule has 4 heteroatoms. The summed E-state index contributed by atoms with van der Waals surface area (Å²) in [6, 6.07) is 15.7. The minimum Gasteiger partial charge on any atom is -0.492 e. The Morgan fingerprint density at radius 1 is 1.15 bits per heavy atom. The van der Waals surface area contributed by atoms with Crippen molar-refractivity contribution in [3.8, 4) is 5.75 Å². The van der Waals surface area contributed by atoms with E-state index in [4.69, 9.17) is 16.3 Å². The maximum Gasteiger partial charge on any atom is 0.227 e. The normalized spacial score (nSPS) is 25.4. The van der Waals surface area contributed by atoms with Crippen LogP contribution in [0.2, 0.25) is 5.02 Å². The standard InChI is InChI=1S/C22H24ClNO2/c1-15(21(25)24-18-8-6-17(23)7-9-18)16-10-12-22(13-11-16)14-26-20-5-3-2-4-19(20)22/h2-9,15-16H,10-14H2,1H3,(H,24,25)/t15?,16-,22+. The Morgan fingerprint density at radius 2 is 1.85 bits per heavy atom. The van der Waals surface area contributed by atoms with Crippen LogP contribution in [-0.4, -0.2) is 12.5 Å². The fourth-order valence-corrected chi connectivity index (χ4v) is 4.56. The second-order valence-electron chi connectivity index (χ2n) is 7.69. The molecule has 0 aromatic heterocycles. The summed E-state index contributed by atoms with van der Waals surface area (Å²) in [5, 5.41) is 3.69. The van der Waals surface area contributed by atoms with E-state index in [1.165, 1.54) is 5.56 Å². The molecule has 3 nitrogen and oxygen atoms in total. The average Bonchev–Trinajstić information content (AvgIpc) is 3.02. The van der Waals surface area contributed by atoms with Crippen molar-refractivity contribution in [2.24, 2.45) is 11.8 Å². The van der Waals surface area contributed by atoms with Gasteiger partial charge in [0.2, 0.25) is 5.91 Å². The maximum atomic E-state index is 12.6. The van der Waals surface area contributed by atoms with E-state index in [-0.39, 0.29) is 17.2 Å². The van der Waals surface area contributed by atoms with Crippen LogP contribution in [-0.2, 0) is 10.2 Å². The number of fused-ring (bicyclic) bond motifs is 2. The lowest BCUT2D eigenvalue weighted by Gasteiger charge is -2.38. The molecule has 1 heterocycles. The van der Waals surface area contributed by atoms with E-state index in [1.807, 2.05) is 25.1 Å². The Labute approximate surface area is 159 Å². The van der Waals surface area contributed by atoms with E-state index in [0.29, 0.717) is 10.9 Å². The van der Waals surface area contributed by atoms with E-state index in [9.17, 15) is 4.79 Å². The lowest BCUT2D eigenvalue weighted by atomic mass is 9.65. The molecule has 1 N–H and O–H groups in total. The lowest BCUT2D eigenvalue weighted by molar-refractivity contribution is -0.121. The molecule has 2 aromatic rings. The zero-order valence-electron chi connectivity index (χ0n) is 15.0. The maximum absolute atomic E-state index is 12.6. The summed E-state index contributed by atoms with van der Waals surface area (Å²) in [5.74, 6) is 1.55. The number of carbonyl (C=O) groups excluding carboxylic acids is 1. The quantitative estimate of drug-likeness (QED) is 0.782. The first-order valence-corrected chi connectivity index (χ1v) is 9.74. The van der Waals surface area contributed by atoms with Gasteiger partial charge in [-0.15, -0.1) is 0 Å². The number of hydrogen-bond donors (Lipinski definition) is 1. The Hall–Kier alpha value is -2.00. The van der Waals surface area contributed by atoms with Gasteiger partial charge in [-0.1, -0.05) is 36.7 Å². The lowest BCUT2D eigenvalue weighted by Crippen LogP contribution is -2.37. The highest BCUT2D eigenvalue weighted by molar-refractivity contribution is 6.30. The third kappa shape index (κ3) is 3.21. The van der Waals surface area contributed by atoms with Crippen molar-refractivity contribution in [2.75, 3.05) is 11.9 Å². The van der Waals surface area contributed by atoms with Gasteiger partial charge in [0.1, 0.15) is 5.75 Å². The second-order valence-corrected chi connectivity index (χ2v) is 8.12. The van der Waals surface area contributed by atoms with Gasteiger partial charge in [0.25, 0.3) is 0 Å². The molecule has 1 atom stereocenters. The third-order valence-electron chi connectivity index (χ3n) is 6.18. The van der Waals surface area contributed by atoms with Gasteiger partial charge < -0.3 is 10.1 Å². The minimum atomic E-state index is 0.000549. The van der Waals surface area contributed by atoms with Gasteiger partial charge in [-0.05, 0) is 61.9 Å². The number of carbonyl (C=O) groups is 1. The predicted molar refractivity (Wildman–Crippen MR) is 105 cm³/mol. The molecular formula is C22H24ClNO2. The van der Waals surface area contributed by atoms with Crippen LogP contribution in [0.1, 0.15) is 38.2 Å². The highest BCUT2D eigenvalue weighted by Crippen LogP contribution is 2.50. The number of para-hydroxylation sites is 1. The fraction of sp³-hybridized carbons (Fsp3) is 0.409. The van der Waals surface area contributed by atoms with Gasteiger partial charge in [-0.3, -0.25) is 4.79 Å². The molecule has 1 fully saturated rings. The Morgan fingerprint density at radius 3 is 2.58 bits per heavy atom. The summed E-state index contributed by atoms with van der Waals surface area (Å²) < 4.78 is 5.93. The number of anilines is 1. The van der Waals surface area contributed by atoms with Crippen LogP contribution in [0.5, 0.6) is 5.75 Å². The summed E-state index contributed by atoms with van der Waals surface area (Å²) in [7, 11) is 0. The highest BCUT2D eigenvalue weighted by atomic mass is 35.5. The number of halogens is 1. The van der Waals surface area contributed by atoms with E-state index in [2.05, 4.69) is 23.5 Å². The molecule has 0 bridgehead atoms. The van der Waals surface area contributed by atoms with Crippen LogP contribution >= 0.6 is 11.6 Å². The van der Waals surface area contributed by atoms with E-state index in [0.717, 1.165) is 43.7 Å². The Bertz CT molecular complexity index is 794. The highest BCUT2D eigenvalue weighted by Gasteiger charge is 2.44. The summed E-state index contributed by atoms with van der Waals surface area (Å²) in [6.07, 6.45) is 4.31. The smallest absolute Gasteiger partial charge is 0.227 e. The molecule has 0 saturated heterocycles. The Balaban J connectivity index is 1.38. The summed E-state index contributed by atoms with van der Waals surface area (Å²) in [6.45, 7) is 2.83. The molecule has 4 rings (SSSR count). The third-order valence-corrected chi connectivity index (χ3v) is 6.43. The van der Waals surface area contributed by atoms with Crippen LogP contribution in [0.25, 0.3) is 0 Å². The number of ether oxygens (including phenoxy) is 1. The molecule has 1 unspecified atom stereocenters. The second kappa shape index (κ2) is 6.96. The first-order valence-electron chi connectivity index (χ1n) is 9.36. The number of rotatable bonds is 3. The summed E-state index contributed by atoms with van der Waals surface area (Å²) in [5.41, 5.74) is 2.31. The van der Waals surface area contributed by atoms with Crippen LogP contribution in [0, 0.1) is 11.8 Å². The molecule has 26 heavy (non-hydrogen) atoms. The number of amides is 1. The fourth-order valence-electron chi connectivity index (χ4n) is 4.43. The SMILES string of the molecule is CC(C(=O)Nc1ccc(Cl)cc1)[C@H]1CC[C@@]2(CC1)COc1ccccc12. The van der Waals surface area contributed by atoms with Gasteiger partial charge >= 0.3 is 0 Å². The minimum absolute atomic E-state index is 0.000549. The van der Waals surface area contributed by atoms with Crippen LogP contribution in [0.15, 0.2) is 48.5 Å². The number of hydrogen-bond acceptors (Lipinski definition) is 2. The van der Waals surface area contributed by atoms with Crippen LogP contribution < -0.4 is 10.1 Å². The van der Waals surface area contributed by atoms with Gasteiger partial charge in [0.15, 0.2) is 0 Å².